The van der Waals surface area contributed by atoms with Gasteiger partial charge < -0.3 is 15.0 Å². The van der Waals surface area contributed by atoms with Crippen molar-refractivity contribution in [3.63, 3.8) is 0 Å². The molecule has 2 aromatic heterocycles. The maximum Gasteiger partial charge on any atom is 0.281 e. The molecule has 9 heteroatoms. The molecule has 1 saturated heterocycles. The third kappa shape index (κ3) is 5.20. The van der Waals surface area contributed by atoms with Gasteiger partial charge in [0.25, 0.3) is 5.56 Å². The van der Waals surface area contributed by atoms with Gasteiger partial charge in [0.15, 0.2) is 15.5 Å². The number of anilines is 1. The predicted molar refractivity (Wildman–Crippen MR) is 158 cm³/mol. The molecule has 0 radical (unpaired) electrons. The second kappa shape index (κ2) is 11.3. The number of amides is 1. The Morgan fingerprint density at radius 1 is 1.02 bits per heavy atom. The van der Waals surface area contributed by atoms with E-state index in [4.69, 9.17) is 17.4 Å². The number of fused-ring (bicyclic) bond motifs is 1. The maximum absolute atomic E-state index is 13.9. The number of thiazole rings is 1. The normalized spacial score (nSPS) is 16.0. The number of carbonyl (C=O) groups excluding carboxylic acids is 1. The topological polar surface area (TPSA) is 89.4 Å². The summed E-state index contributed by atoms with van der Waals surface area (Å²) in [5.41, 5.74) is 2.07. The van der Waals surface area contributed by atoms with Gasteiger partial charge in [0, 0.05) is 18.6 Å². The van der Waals surface area contributed by atoms with Crippen molar-refractivity contribution in [2.45, 2.75) is 31.9 Å². The summed E-state index contributed by atoms with van der Waals surface area (Å²) in [5.74, 6) is 0.842. The van der Waals surface area contributed by atoms with Crippen molar-refractivity contribution in [2.24, 2.45) is 0 Å². The molecule has 1 unspecified atom stereocenters. The van der Waals surface area contributed by atoms with Crippen molar-refractivity contribution in [3.05, 3.63) is 106 Å². The number of carbonyl (C=O) groups is 1. The van der Waals surface area contributed by atoms with E-state index < -0.39 is 18.4 Å². The quantitative estimate of drug-likeness (QED) is 0.295. The van der Waals surface area contributed by atoms with Crippen LogP contribution in [-0.2, 0) is 17.8 Å². The fraction of sp³-hybridized carbons (Fsp3) is 0.226. The first-order valence-electron chi connectivity index (χ1n) is 14.1. The Balaban J connectivity index is 1.35. The minimum absolute atomic E-state index is 0.244. The number of benzene rings is 3. The predicted octanol–water partition coefficient (Wildman–Crippen LogP) is 4.86. The Labute approximate surface area is 238 Å². The van der Waals surface area contributed by atoms with E-state index in [9.17, 15) is 9.59 Å². The molecule has 3 heterocycles. The van der Waals surface area contributed by atoms with Crippen molar-refractivity contribution >= 4 is 32.7 Å². The highest BCUT2D eigenvalue weighted by Crippen LogP contribution is 2.33. The Morgan fingerprint density at radius 2 is 1.75 bits per heavy atom. The van der Waals surface area contributed by atoms with E-state index >= 15 is 0 Å². The zero-order valence-electron chi connectivity index (χ0n) is 23.9. The molecule has 202 valence electrons. The lowest BCUT2D eigenvalue weighted by molar-refractivity contribution is -0.122. The number of rotatable bonds is 8. The summed E-state index contributed by atoms with van der Waals surface area (Å²) < 4.78 is 23.8. The number of methoxy groups -OCH3 is 1. The minimum atomic E-state index is -2.03. The lowest BCUT2D eigenvalue weighted by atomic mass is 10.1. The highest BCUT2D eigenvalue weighted by molar-refractivity contribution is 7.21. The first-order valence-corrected chi connectivity index (χ1v) is 13.9. The summed E-state index contributed by atoms with van der Waals surface area (Å²) in [5, 5.41) is 3.10. The molecular formula is C31H29N5O3S. The summed E-state index contributed by atoms with van der Waals surface area (Å²) >= 11 is 1.27. The lowest BCUT2D eigenvalue weighted by Gasteiger charge is -2.23. The molecule has 1 amide bonds. The van der Waals surface area contributed by atoms with Crippen LogP contribution in [0.3, 0.4) is 0 Å². The van der Waals surface area contributed by atoms with E-state index in [0.29, 0.717) is 40.9 Å². The molecule has 1 atom stereocenters. The van der Waals surface area contributed by atoms with Gasteiger partial charge in [-0.05, 0) is 36.1 Å². The first kappa shape index (κ1) is 23.4. The molecule has 1 aliphatic rings. The monoisotopic (exact) mass is 553 g/mol. The van der Waals surface area contributed by atoms with Crippen LogP contribution in [0.2, 0.25) is 0 Å². The number of nitrogens with zero attached hydrogens (tertiary/aromatic N) is 4. The van der Waals surface area contributed by atoms with Gasteiger partial charge in [0.05, 0.1) is 16.4 Å². The van der Waals surface area contributed by atoms with Crippen molar-refractivity contribution in [3.8, 4) is 17.1 Å². The molecule has 0 saturated carbocycles. The molecule has 6 rings (SSSR count). The Hall–Kier alpha value is -4.50. The van der Waals surface area contributed by atoms with Crippen LogP contribution in [0.4, 0.5) is 5.13 Å². The fourth-order valence-electron chi connectivity index (χ4n) is 4.89. The molecule has 1 aliphatic heterocycles. The van der Waals surface area contributed by atoms with Crippen LogP contribution in [0.1, 0.15) is 26.7 Å². The van der Waals surface area contributed by atoms with E-state index in [1.165, 1.54) is 11.3 Å². The average Bonchev–Trinajstić information content (AvgIpc) is 3.67. The van der Waals surface area contributed by atoms with Crippen molar-refractivity contribution < 1.29 is 12.3 Å². The molecule has 0 aliphatic carbocycles. The van der Waals surface area contributed by atoms with Gasteiger partial charge in [-0.25, -0.2) is 9.97 Å². The summed E-state index contributed by atoms with van der Waals surface area (Å²) in [7, 11) is 1.61. The standard InChI is InChI=1S/C31H29N5O3S/c1-39-24-16-14-22(15-17-24)20-36-27(23-11-6-3-7-12-23)34-29-26(30(36)38)33-31(40-29)35-18-8-13-25(35)28(37)32-19-21-9-4-2-5-10-21/h2-7,9-12,14-17,25H,8,13,18-20H2,1H3,(H,32,37)/i19D2. The SMILES string of the molecule is [2H]C([2H])(NC(=O)C1CCCN1c1nc2c(=O)n(Cc3ccc(OC)cc3)c(-c3ccccc3)nc2s1)c1ccccc1. The molecule has 5 aromatic rings. The highest BCUT2D eigenvalue weighted by Gasteiger charge is 2.33. The molecule has 1 fully saturated rings. The largest absolute Gasteiger partial charge is 0.497 e. The summed E-state index contributed by atoms with van der Waals surface area (Å²) in [6.45, 7) is -1.16. The molecule has 0 bridgehead atoms. The first-order chi connectivity index (χ1) is 20.3. The van der Waals surface area contributed by atoms with Crippen LogP contribution >= 0.6 is 11.3 Å². The van der Waals surface area contributed by atoms with Gasteiger partial charge >= 0.3 is 0 Å². The summed E-state index contributed by atoms with van der Waals surface area (Å²) in [4.78, 5) is 39.2. The number of hydrogen-bond donors (Lipinski definition) is 1. The van der Waals surface area contributed by atoms with Gasteiger partial charge in [0.2, 0.25) is 5.91 Å². The Bertz CT molecular complexity index is 1780. The number of nitrogens with one attached hydrogen (secondary N) is 1. The number of ether oxygens (including phenoxy) is 1. The van der Waals surface area contributed by atoms with E-state index in [-0.39, 0.29) is 11.1 Å². The van der Waals surface area contributed by atoms with Gasteiger partial charge in [-0.2, -0.15) is 0 Å². The van der Waals surface area contributed by atoms with Crippen LogP contribution in [0.15, 0.2) is 89.7 Å². The van der Waals surface area contributed by atoms with Crippen LogP contribution in [0.25, 0.3) is 21.7 Å². The molecule has 40 heavy (non-hydrogen) atoms. The van der Waals surface area contributed by atoms with Crippen LogP contribution in [-0.4, -0.2) is 40.1 Å². The summed E-state index contributed by atoms with van der Waals surface area (Å²) in [6, 6.07) is 25.1. The van der Waals surface area contributed by atoms with Crippen LogP contribution in [0.5, 0.6) is 5.75 Å². The van der Waals surface area contributed by atoms with Gasteiger partial charge in [-0.15, -0.1) is 0 Å². The van der Waals surface area contributed by atoms with Gasteiger partial charge in [-0.1, -0.05) is 84.1 Å². The number of hydrogen-bond acceptors (Lipinski definition) is 7. The van der Waals surface area contributed by atoms with Gasteiger partial charge in [-0.3, -0.25) is 14.2 Å². The van der Waals surface area contributed by atoms with E-state index in [2.05, 4.69) is 5.32 Å². The Morgan fingerprint density at radius 3 is 2.48 bits per heavy atom. The second-order valence-corrected chi connectivity index (χ2v) is 10.5. The van der Waals surface area contributed by atoms with Crippen LogP contribution in [0, 0.1) is 0 Å². The van der Waals surface area contributed by atoms with E-state index in [1.54, 1.807) is 42.0 Å². The highest BCUT2D eigenvalue weighted by atomic mass is 32.1. The number of aromatic nitrogens is 3. The van der Waals surface area contributed by atoms with E-state index in [0.717, 1.165) is 23.3 Å². The lowest BCUT2D eigenvalue weighted by Crippen LogP contribution is -2.43. The third-order valence-electron chi connectivity index (χ3n) is 6.95. The maximum atomic E-state index is 13.9. The van der Waals surface area contributed by atoms with Crippen LogP contribution < -0.4 is 20.5 Å². The molecular weight excluding hydrogens is 522 g/mol. The zero-order chi connectivity index (χ0) is 29.3. The van der Waals surface area contributed by atoms with Crippen molar-refractivity contribution in [1.82, 2.24) is 19.9 Å². The smallest absolute Gasteiger partial charge is 0.281 e. The molecule has 3 aromatic carbocycles. The second-order valence-electron chi connectivity index (χ2n) is 9.52. The zero-order valence-corrected chi connectivity index (χ0v) is 22.7. The van der Waals surface area contributed by atoms with E-state index in [1.807, 2.05) is 59.5 Å². The molecule has 8 nitrogen and oxygen atoms in total. The summed E-state index contributed by atoms with van der Waals surface area (Å²) in [6.07, 6.45) is 1.30. The average molecular weight is 554 g/mol. The fourth-order valence-corrected chi connectivity index (χ4v) is 5.90. The van der Waals surface area contributed by atoms with Gasteiger partial charge in [0.1, 0.15) is 17.6 Å². The third-order valence-corrected chi connectivity index (χ3v) is 7.93. The molecule has 0 spiro atoms. The van der Waals surface area contributed by atoms with Crippen molar-refractivity contribution in [2.75, 3.05) is 18.6 Å². The Kier molecular flexibility index (Phi) is 6.62. The minimum Gasteiger partial charge on any atom is -0.497 e. The van der Waals surface area contributed by atoms with Crippen molar-refractivity contribution in [1.29, 1.82) is 0 Å². The molecule has 1 N–H and O–H groups in total.